The zero-order chi connectivity index (χ0) is 13.2. The van der Waals surface area contributed by atoms with Crippen molar-refractivity contribution >= 4 is 16.9 Å². The first-order chi connectivity index (χ1) is 9.28. The van der Waals surface area contributed by atoms with Crippen LogP contribution in [0.4, 0.5) is 0 Å². The minimum absolute atomic E-state index is 0.157. The molecule has 1 N–H and O–H groups in total. The zero-order valence-corrected chi connectivity index (χ0v) is 11.1. The molecule has 0 aliphatic heterocycles. The van der Waals surface area contributed by atoms with Crippen molar-refractivity contribution in [3.63, 3.8) is 0 Å². The number of nitrogens with one attached hydrogen (secondary N) is 1. The largest absolute Gasteiger partial charge is 0.443 e. The lowest BCUT2D eigenvalue weighted by Gasteiger charge is -2.27. The van der Waals surface area contributed by atoms with Gasteiger partial charge in [-0.1, -0.05) is 0 Å². The molecule has 1 aromatic heterocycles. The lowest BCUT2D eigenvalue weighted by molar-refractivity contribution is 0.0881. The van der Waals surface area contributed by atoms with Crippen LogP contribution in [0.5, 0.6) is 0 Å². The van der Waals surface area contributed by atoms with Crippen LogP contribution in [0, 0.1) is 5.92 Å². The summed E-state index contributed by atoms with van der Waals surface area (Å²) in [5.41, 5.74) is 2.24. The topological polar surface area (TPSA) is 55.1 Å². The van der Waals surface area contributed by atoms with Crippen LogP contribution < -0.4 is 5.32 Å². The Hall–Kier alpha value is -1.68. The number of nitrogens with zero attached hydrogens (tertiary/aromatic N) is 1. The molecule has 1 saturated carbocycles. The standard InChI is InChI=1S/C15H18N2O2/c1-16-12-5-2-10(3-6-12)15(18)11-4-7-13-14(8-11)19-9-17-13/h4,7-10,12,16H,2-3,5-6H2,1H3. The summed E-state index contributed by atoms with van der Waals surface area (Å²) in [6, 6.07) is 6.10. The number of Topliss-reactive ketones (excluding diaryl/α,β-unsaturated/α-hetero) is 1. The van der Waals surface area contributed by atoms with Crippen LogP contribution in [0.25, 0.3) is 11.1 Å². The molecule has 1 aliphatic carbocycles. The smallest absolute Gasteiger partial charge is 0.181 e. The molecule has 1 fully saturated rings. The van der Waals surface area contributed by atoms with Crippen molar-refractivity contribution in [2.45, 2.75) is 31.7 Å². The van der Waals surface area contributed by atoms with Gasteiger partial charge in [0.15, 0.2) is 17.8 Å². The van der Waals surface area contributed by atoms with Crippen LogP contribution in [0.15, 0.2) is 29.0 Å². The number of carbonyl (C=O) groups excluding carboxylic acids is 1. The summed E-state index contributed by atoms with van der Waals surface area (Å²) in [5, 5.41) is 3.29. The first kappa shape index (κ1) is 12.4. The van der Waals surface area contributed by atoms with Gasteiger partial charge in [0, 0.05) is 17.5 Å². The molecular formula is C15H18N2O2. The highest BCUT2D eigenvalue weighted by Gasteiger charge is 2.26. The number of ketones is 1. The fourth-order valence-corrected chi connectivity index (χ4v) is 2.89. The number of rotatable bonds is 3. The Labute approximate surface area is 112 Å². The molecule has 1 aromatic carbocycles. The van der Waals surface area contributed by atoms with E-state index in [1.807, 2.05) is 25.2 Å². The molecule has 0 amide bonds. The summed E-state index contributed by atoms with van der Waals surface area (Å²) in [6.45, 7) is 0. The van der Waals surface area contributed by atoms with Crippen molar-refractivity contribution in [2.75, 3.05) is 7.05 Å². The van der Waals surface area contributed by atoms with Crippen molar-refractivity contribution in [3.05, 3.63) is 30.2 Å². The third-order valence-electron chi connectivity index (χ3n) is 4.12. The van der Waals surface area contributed by atoms with E-state index in [1.54, 1.807) is 0 Å². The predicted octanol–water partition coefficient (Wildman–Crippen LogP) is 2.79. The quantitative estimate of drug-likeness (QED) is 0.860. The second-order valence-corrected chi connectivity index (χ2v) is 5.24. The van der Waals surface area contributed by atoms with Gasteiger partial charge >= 0.3 is 0 Å². The number of hydrogen-bond acceptors (Lipinski definition) is 4. The number of aromatic nitrogens is 1. The highest BCUT2D eigenvalue weighted by molar-refractivity contribution is 6.00. The minimum Gasteiger partial charge on any atom is -0.443 e. The van der Waals surface area contributed by atoms with Crippen molar-refractivity contribution in [2.24, 2.45) is 5.92 Å². The number of oxazole rings is 1. The summed E-state index contributed by atoms with van der Waals surface area (Å²) >= 11 is 0. The van der Waals surface area contributed by atoms with Crippen LogP contribution in [-0.2, 0) is 0 Å². The van der Waals surface area contributed by atoms with Crippen molar-refractivity contribution in [3.8, 4) is 0 Å². The summed E-state index contributed by atoms with van der Waals surface area (Å²) in [6.07, 6.45) is 5.52. The molecule has 0 bridgehead atoms. The maximum absolute atomic E-state index is 12.5. The van der Waals surface area contributed by atoms with Gasteiger partial charge in [0.2, 0.25) is 0 Å². The Bertz CT molecular complexity index is 583. The van der Waals surface area contributed by atoms with E-state index < -0.39 is 0 Å². The van der Waals surface area contributed by atoms with Gasteiger partial charge in [-0.05, 0) is 50.9 Å². The maximum Gasteiger partial charge on any atom is 0.181 e. The first-order valence-electron chi connectivity index (χ1n) is 6.82. The van der Waals surface area contributed by atoms with Crippen molar-refractivity contribution in [1.82, 2.24) is 10.3 Å². The first-order valence-corrected chi connectivity index (χ1v) is 6.82. The summed E-state index contributed by atoms with van der Waals surface area (Å²) in [7, 11) is 1.99. The third-order valence-corrected chi connectivity index (χ3v) is 4.12. The molecule has 1 aliphatic rings. The van der Waals surface area contributed by atoms with Crippen molar-refractivity contribution in [1.29, 1.82) is 0 Å². The number of carbonyl (C=O) groups is 1. The average Bonchev–Trinajstić information content (AvgIpc) is 2.94. The number of benzene rings is 1. The molecule has 100 valence electrons. The van der Waals surface area contributed by atoms with Gasteiger partial charge in [0.1, 0.15) is 5.52 Å². The Morgan fingerprint density at radius 3 is 2.84 bits per heavy atom. The average molecular weight is 258 g/mol. The predicted molar refractivity (Wildman–Crippen MR) is 73.1 cm³/mol. The molecule has 3 rings (SSSR count). The molecule has 2 aromatic rings. The molecule has 4 nitrogen and oxygen atoms in total. The monoisotopic (exact) mass is 258 g/mol. The van der Waals surface area contributed by atoms with E-state index in [-0.39, 0.29) is 11.7 Å². The fraction of sp³-hybridized carbons (Fsp3) is 0.467. The van der Waals surface area contributed by atoms with E-state index in [2.05, 4.69) is 10.3 Å². The van der Waals surface area contributed by atoms with Gasteiger partial charge in [-0.2, -0.15) is 0 Å². The van der Waals surface area contributed by atoms with E-state index in [4.69, 9.17) is 4.42 Å². The normalized spacial score (nSPS) is 23.6. The highest BCUT2D eigenvalue weighted by Crippen LogP contribution is 2.28. The second-order valence-electron chi connectivity index (χ2n) is 5.24. The number of fused-ring (bicyclic) bond motifs is 1. The Kier molecular flexibility index (Phi) is 3.34. The van der Waals surface area contributed by atoms with Crippen LogP contribution in [0.2, 0.25) is 0 Å². The lowest BCUT2D eigenvalue weighted by Crippen LogP contribution is -2.32. The minimum atomic E-state index is 0.157. The molecular weight excluding hydrogens is 240 g/mol. The molecule has 0 atom stereocenters. The van der Waals surface area contributed by atoms with Gasteiger partial charge < -0.3 is 9.73 Å². The van der Waals surface area contributed by atoms with Gasteiger partial charge in [0.25, 0.3) is 0 Å². The summed E-state index contributed by atoms with van der Waals surface area (Å²) < 4.78 is 5.26. The Morgan fingerprint density at radius 2 is 2.11 bits per heavy atom. The van der Waals surface area contributed by atoms with Gasteiger partial charge in [-0.3, -0.25) is 4.79 Å². The molecule has 4 heteroatoms. The summed E-state index contributed by atoms with van der Waals surface area (Å²) in [5.74, 6) is 0.401. The third kappa shape index (κ3) is 2.40. The van der Waals surface area contributed by atoms with Crippen LogP contribution in [-0.4, -0.2) is 23.9 Å². The van der Waals surface area contributed by atoms with E-state index >= 15 is 0 Å². The Balaban J connectivity index is 1.76. The molecule has 0 unspecified atom stereocenters. The molecule has 0 saturated heterocycles. The van der Waals surface area contributed by atoms with E-state index in [0.717, 1.165) is 36.8 Å². The molecule has 0 spiro atoms. The fourth-order valence-electron chi connectivity index (χ4n) is 2.89. The van der Waals surface area contributed by atoms with Gasteiger partial charge in [-0.15, -0.1) is 0 Å². The van der Waals surface area contributed by atoms with E-state index in [0.29, 0.717) is 11.6 Å². The van der Waals surface area contributed by atoms with Gasteiger partial charge in [-0.25, -0.2) is 4.98 Å². The second kappa shape index (κ2) is 5.13. The molecule has 0 radical (unpaired) electrons. The highest BCUT2D eigenvalue weighted by atomic mass is 16.3. The van der Waals surface area contributed by atoms with Crippen LogP contribution in [0.3, 0.4) is 0 Å². The lowest BCUT2D eigenvalue weighted by atomic mass is 9.81. The molecule has 1 heterocycles. The van der Waals surface area contributed by atoms with Crippen LogP contribution in [0.1, 0.15) is 36.0 Å². The number of hydrogen-bond donors (Lipinski definition) is 1. The Morgan fingerprint density at radius 1 is 1.32 bits per heavy atom. The summed E-state index contributed by atoms with van der Waals surface area (Å²) in [4.78, 5) is 16.5. The van der Waals surface area contributed by atoms with Crippen molar-refractivity contribution < 1.29 is 9.21 Å². The van der Waals surface area contributed by atoms with Crippen LogP contribution >= 0.6 is 0 Å². The SMILES string of the molecule is CNC1CCC(C(=O)c2ccc3ncoc3c2)CC1. The van der Waals surface area contributed by atoms with Gasteiger partial charge in [0.05, 0.1) is 0 Å². The van der Waals surface area contributed by atoms with E-state index in [1.165, 1.54) is 6.39 Å². The maximum atomic E-state index is 12.5. The zero-order valence-electron chi connectivity index (χ0n) is 11.1. The van der Waals surface area contributed by atoms with E-state index in [9.17, 15) is 4.79 Å². The molecule has 19 heavy (non-hydrogen) atoms.